The van der Waals surface area contributed by atoms with E-state index < -0.39 is 55.5 Å². The quantitative estimate of drug-likeness (QED) is 0.0259. The number of imide groups is 1. The van der Waals surface area contributed by atoms with Gasteiger partial charge < -0.3 is 14.3 Å². The van der Waals surface area contributed by atoms with E-state index in [2.05, 4.69) is 0 Å². The summed E-state index contributed by atoms with van der Waals surface area (Å²) in [6.45, 7) is 3.86. The first-order chi connectivity index (χ1) is 25.2. The number of aryl methyl sites for hydroxylation is 3. The van der Waals surface area contributed by atoms with E-state index >= 15 is 0 Å². The predicted octanol–water partition coefficient (Wildman–Crippen LogP) is 3.31. The number of nitrogens with zero attached hydrogens (tertiary/aromatic N) is 3. The average molecular weight is 788 g/mol. The Morgan fingerprint density at radius 3 is 2.04 bits per heavy atom. The lowest BCUT2D eigenvalue weighted by Gasteiger charge is -2.29. The van der Waals surface area contributed by atoms with Crippen LogP contribution in [0.1, 0.15) is 57.5 Å². The summed E-state index contributed by atoms with van der Waals surface area (Å²) in [6, 6.07) is 14.8. The normalized spacial score (nSPS) is 13.9. The van der Waals surface area contributed by atoms with Gasteiger partial charge in [0.25, 0.3) is 32.1 Å². The number of hydroxylamine groups is 2. The summed E-state index contributed by atoms with van der Waals surface area (Å²) in [7, 11) is -4.71. The number of hydrogen-bond acceptors (Lipinski definition) is 11. The third kappa shape index (κ3) is 9.74. The zero-order valence-corrected chi connectivity index (χ0v) is 31.7. The number of carbonyl (C=O) groups is 4. The molecule has 1 fully saturated rings. The highest BCUT2D eigenvalue weighted by Crippen LogP contribution is 2.32. The van der Waals surface area contributed by atoms with Crippen molar-refractivity contribution in [2.24, 2.45) is 0 Å². The number of ether oxygens (including phenoxy) is 2. The van der Waals surface area contributed by atoms with Crippen LogP contribution in [0.3, 0.4) is 0 Å². The van der Waals surface area contributed by atoms with E-state index in [9.17, 15) is 40.6 Å². The van der Waals surface area contributed by atoms with Crippen molar-refractivity contribution in [3.05, 3.63) is 76.9 Å². The molecule has 0 unspecified atom stereocenters. The van der Waals surface area contributed by atoms with Gasteiger partial charge in [-0.25, -0.2) is 9.59 Å². The van der Waals surface area contributed by atoms with Crippen LogP contribution in [-0.4, -0.2) is 98.1 Å². The Labute approximate surface area is 311 Å². The van der Waals surface area contributed by atoms with Crippen LogP contribution in [0, 0.1) is 13.8 Å². The third-order valence-corrected chi connectivity index (χ3v) is 10.4. The molecule has 18 heteroatoms. The fourth-order valence-electron chi connectivity index (χ4n) is 6.26. The summed E-state index contributed by atoms with van der Waals surface area (Å²) in [4.78, 5) is 56.2. The molecule has 0 saturated carbocycles. The number of fused-ring (bicyclic) bond motifs is 2. The van der Waals surface area contributed by atoms with Crippen molar-refractivity contribution < 1.29 is 68.5 Å². The number of benzene rings is 3. The summed E-state index contributed by atoms with van der Waals surface area (Å²) in [6.07, 6.45) is 0.137. The van der Waals surface area contributed by atoms with E-state index in [0.29, 0.717) is 50.3 Å². The van der Waals surface area contributed by atoms with Gasteiger partial charge in [-0.15, -0.1) is 5.06 Å². The zero-order chi connectivity index (χ0) is 39.6. The maximum atomic E-state index is 14.3. The second kappa shape index (κ2) is 15.8. The van der Waals surface area contributed by atoms with Crippen molar-refractivity contribution in [2.45, 2.75) is 46.1 Å². The molecule has 2 amide bonds. The minimum Gasteiger partial charge on any atom is -0.445 e. The van der Waals surface area contributed by atoms with Crippen LogP contribution in [0.2, 0.25) is 0 Å². The maximum absolute atomic E-state index is 14.3. The topological polar surface area (TPSA) is 212 Å². The first-order valence-corrected chi connectivity index (χ1v) is 20.1. The Bertz CT molecular complexity index is 2350. The predicted molar refractivity (Wildman–Crippen MR) is 194 cm³/mol. The van der Waals surface area contributed by atoms with E-state index in [1.54, 1.807) is 56.3 Å². The molecule has 0 aliphatic carbocycles. The number of esters is 1. The number of rotatable bonds is 15. The zero-order valence-electron chi connectivity index (χ0n) is 30.1. The second-order valence-electron chi connectivity index (χ2n) is 13.7. The fourth-order valence-corrected chi connectivity index (χ4v) is 7.24. The highest BCUT2D eigenvalue weighted by Gasteiger charge is 2.34. The van der Waals surface area contributed by atoms with Crippen LogP contribution in [0.4, 0.5) is 0 Å². The molecule has 16 nitrogen and oxygen atoms in total. The Hall–Kier alpha value is -5.01. The molecule has 2 N–H and O–H groups in total. The number of hydrogen-bond donors (Lipinski definition) is 2. The number of pyridine rings is 1. The summed E-state index contributed by atoms with van der Waals surface area (Å²) in [5.74, 6) is -3.30. The summed E-state index contributed by atoms with van der Waals surface area (Å²) < 4.78 is 78.3. The van der Waals surface area contributed by atoms with Crippen LogP contribution in [-0.2, 0) is 41.2 Å². The number of aromatic nitrogens is 1. The van der Waals surface area contributed by atoms with Gasteiger partial charge in [-0.3, -0.25) is 23.2 Å². The van der Waals surface area contributed by atoms with Gasteiger partial charge in [0.2, 0.25) is 17.8 Å². The van der Waals surface area contributed by atoms with Crippen molar-refractivity contribution in [1.29, 1.82) is 0 Å². The van der Waals surface area contributed by atoms with Crippen LogP contribution in [0.15, 0.2) is 54.6 Å². The van der Waals surface area contributed by atoms with Crippen molar-refractivity contribution in [1.82, 2.24) is 5.06 Å². The van der Waals surface area contributed by atoms with Gasteiger partial charge in [0.1, 0.15) is 11.5 Å². The smallest absolute Gasteiger partial charge is 0.363 e. The monoisotopic (exact) mass is 787 g/mol. The SMILES string of the molecule is Cc1cc(C(=O)ON2C(=O)CCC2=O)cc(C)c1OC(=O)c1c2ccccc2[n+](CCCS(=O)(=O)O)c2ccc(OC[N+](C)(C)CCCS(=O)(=O)O)cc12. The molecule has 1 saturated heterocycles. The molecular formula is C36H41N3O13S2+2. The number of para-hydroxylation sites is 1. The molecule has 54 heavy (non-hydrogen) atoms. The highest BCUT2D eigenvalue weighted by molar-refractivity contribution is 7.86. The molecule has 3 aromatic carbocycles. The lowest BCUT2D eigenvalue weighted by molar-refractivity contribution is -0.905. The van der Waals surface area contributed by atoms with Crippen LogP contribution in [0.25, 0.3) is 21.8 Å². The Morgan fingerprint density at radius 2 is 1.41 bits per heavy atom. The molecule has 0 atom stereocenters. The molecular weight excluding hydrogens is 747 g/mol. The molecule has 0 radical (unpaired) electrons. The molecule has 2 heterocycles. The lowest BCUT2D eigenvalue weighted by Crippen LogP contribution is -2.44. The Kier molecular flexibility index (Phi) is 11.7. The molecule has 0 bridgehead atoms. The molecule has 1 aromatic heterocycles. The van der Waals surface area contributed by atoms with E-state index in [1.807, 2.05) is 18.7 Å². The van der Waals surface area contributed by atoms with Crippen LogP contribution < -0.4 is 14.0 Å². The van der Waals surface area contributed by atoms with Crippen molar-refractivity contribution in [3.63, 3.8) is 0 Å². The van der Waals surface area contributed by atoms with Gasteiger partial charge in [0.15, 0.2) is 6.54 Å². The van der Waals surface area contributed by atoms with E-state index in [4.69, 9.17) is 18.9 Å². The van der Waals surface area contributed by atoms with Gasteiger partial charge >= 0.3 is 11.9 Å². The second-order valence-corrected chi connectivity index (χ2v) is 16.9. The minimum atomic E-state index is -4.25. The number of amides is 2. The fraction of sp³-hybridized carbons (Fsp3) is 0.361. The summed E-state index contributed by atoms with van der Waals surface area (Å²) >= 11 is 0. The Morgan fingerprint density at radius 1 is 0.815 bits per heavy atom. The first kappa shape index (κ1) is 40.2. The largest absolute Gasteiger partial charge is 0.445 e. The van der Waals surface area contributed by atoms with Gasteiger partial charge in [-0.2, -0.15) is 21.4 Å². The standard InChI is InChI=1S/C36H39N3O13S2/c1-23-19-25(35(42)52-38-31(40)13-14-32(38)41)20-24(2)34(23)51-36(43)33-27-9-5-6-10-29(27)37(15-7-17-53(44,45)46)30-12-11-26(21-28(30)33)50-22-39(3,4)16-8-18-54(47,48)49/h5-6,9-12,19-21H,7-8,13-18,22H2,1-4H3/p+2. The van der Waals surface area contributed by atoms with Crippen molar-refractivity contribution in [2.75, 3.05) is 38.9 Å². The van der Waals surface area contributed by atoms with Gasteiger partial charge in [-0.1, -0.05) is 12.1 Å². The molecule has 288 valence electrons. The van der Waals surface area contributed by atoms with E-state index in [0.717, 1.165) is 0 Å². The van der Waals surface area contributed by atoms with Crippen molar-refractivity contribution in [3.8, 4) is 11.5 Å². The van der Waals surface area contributed by atoms with Gasteiger partial charge in [0, 0.05) is 37.8 Å². The van der Waals surface area contributed by atoms with Crippen molar-refractivity contribution >= 4 is 65.8 Å². The highest BCUT2D eigenvalue weighted by atomic mass is 32.2. The van der Waals surface area contributed by atoms with Crippen LogP contribution in [0.5, 0.6) is 11.5 Å². The third-order valence-electron chi connectivity index (χ3n) is 8.80. The first-order valence-electron chi connectivity index (χ1n) is 16.9. The molecule has 4 aromatic rings. The number of quaternary nitrogens is 1. The van der Waals surface area contributed by atoms with Crippen LogP contribution >= 0.6 is 0 Å². The van der Waals surface area contributed by atoms with E-state index in [-0.39, 0.29) is 60.3 Å². The molecule has 1 aliphatic heterocycles. The number of carbonyl (C=O) groups excluding carboxylic acids is 4. The maximum Gasteiger partial charge on any atom is 0.363 e. The Balaban J connectivity index is 1.52. The molecule has 1 aliphatic rings. The minimum absolute atomic E-state index is 0.0277. The summed E-state index contributed by atoms with van der Waals surface area (Å²) in [5.41, 5.74) is 2.07. The average Bonchev–Trinajstić information content (AvgIpc) is 3.39. The summed E-state index contributed by atoms with van der Waals surface area (Å²) in [5, 5.41) is 1.31. The van der Waals surface area contributed by atoms with Gasteiger partial charge in [0.05, 0.1) is 54.0 Å². The molecule has 5 rings (SSSR count). The van der Waals surface area contributed by atoms with E-state index in [1.165, 1.54) is 12.1 Å². The lowest BCUT2D eigenvalue weighted by atomic mass is 10.0. The molecule has 0 spiro atoms. The van der Waals surface area contributed by atoms with Gasteiger partial charge in [-0.05, 0) is 55.3 Å².